The molecule has 0 radical (unpaired) electrons. The average molecular weight is 239 g/mol. The molecule has 92 valence electrons. The number of rotatable bonds is 9. The van der Waals surface area contributed by atoms with E-state index in [-0.39, 0.29) is 12.4 Å². The Hall–Kier alpha value is -0.170. The summed E-state index contributed by atoms with van der Waals surface area (Å²) in [6.07, 6.45) is 0.650. The number of aliphatic hydroxyl groups is 1. The van der Waals surface area contributed by atoms with E-state index in [1.165, 1.54) is 0 Å². The maximum atomic E-state index is 11.1. The van der Waals surface area contributed by atoms with Gasteiger partial charge in [-0.05, 0) is 12.3 Å². The highest BCUT2D eigenvalue weighted by Crippen LogP contribution is 1.93. The lowest BCUT2D eigenvalue weighted by Gasteiger charge is -2.07. The summed E-state index contributed by atoms with van der Waals surface area (Å²) in [6, 6.07) is 0. The van der Waals surface area contributed by atoms with Crippen molar-refractivity contribution in [1.82, 2.24) is 4.72 Å². The number of ether oxygens (including phenoxy) is 1. The molecule has 0 aromatic carbocycles. The van der Waals surface area contributed by atoms with Crippen molar-refractivity contribution < 1.29 is 18.3 Å². The predicted octanol–water partition coefficient (Wildman–Crippen LogP) is -0.0392. The monoisotopic (exact) mass is 239 g/mol. The first-order valence-corrected chi connectivity index (χ1v) is 6.79. The van der Waals surface area contributed by atoms with Gasteiger partial charge in [0.25, 0.3) is 0 Å². The van der Waals surface area contributed by atoms with Gasteiger partial charge in [-0.15, -0.1) is 0 Å². The molecule has 0 spiro atoms. The van der Waals surface area contributed by atoms with E-state index in [2.05, 4.69) is 18.6 Å². The quantitative estimate of drug-likeness (QED) is 0.554. The zero-order valence-electron chi connectivity index (χ0n) is 9.40. The Kier molecular flexibility index (Phi) is 7.95. The van der Waals surface area contributed by atoms with Gasteiger partial charge in [0.15, 0.2) is 0 Å². The van der Waals surface area contributed by atoms with E-state index in [9.17, 15) is 8.42 Å². The smallest absolute Gasteiger partial charge is 0.213 e. The molecule has 0 aliphatic rings. The molecule has 0 unspecified atom stereocenters. The van der Waals surface area contributed by atoms with Gasteiger partial charge in [0, 0.05) is 19.8 Å². The number of aliphatic hydroxyl groups excluding tert-OH is 1. The van der Waals surface area contributed by atoms with Gasteiger partial charge in [-0.3, -0.25) is 0 Å². The second kappa shape index (κ2) is 8.04. The fourth-order valence-electron chi connectivity index (χ4n) is 0.913. The standard InChI is InChI=1S/C9H21NO4S/c1-9(2)8-14-6-3-4-10-15(12,13)7-5-11/h9-11H,3-8H2,1-2H3. The normalized spacial score (nSPS) is 12.3. The second-order valence-electron chi connectivity index (χ2n) is 3.76. The molecule has 0 aromatic heterocycles. The number of hydrogen-bond acceptors (Lipinski definition) is 4. The molecule has 0 rings (SSSR count). The van der Waals surface area contributed by atoms with E-state index < -0.39 is 10.0 Å². The number of nitrogens with one attached hydrogen (secondary N) is 1. The summed E-state index contributed by atoms with van der Waals surface area (Å²) in [7, 11) is -3.29. The highest BCUT2D eigenvalue weighted by molar-refractivity contribution is 7.89. The molecule has 0 bridgehead atoms. The predicted molar refractivity (Wildman–Crippen MR) is 59.1 cm³/mol. The van der Waals surface area contributed by atoms with Crippen molar-refractivity contribution in [2.45, 2.75) is 20.3 Å². The summed E-state index contributed by atoms with van der Waals surface area (Å²) in [5.41, 5.74) is 0. The topological polar surface area (TPSA) is 75.6 Å². The zero-order chi connectivity index (χ0) is 11.7. The molecule has 2 N–H and O–H groups in total. The Morgan fingerprint density at radius 2 is 2.07 bits per heavy atom. The fraction of sp³-hybridized carbons (Fsp3) is 1.00. The van der Waals surface area contributed by atoms with Crippen LogP contribution in [0.25, 0.3) is 0 Å². The summed E-state index contributed by atoms with van der Waals surface area (Å²) >= 11 is 0. The van der Waals surface area contributed by atoms with Gasteiger partial charge in [-0.1, -0.05) is 13.8 Å². The Labute approximate surface area is 91.9 Å². The van der Waals surface area contributed by atoms with E-state index in [1.54, 1.807) is 0 Å². The lowest BCUT2D eigenvalue weighted by Crippen LogP contribution is -2.29. The second-order valence-corrected chi connectivity index (χ2v) is 5.69. The molecule has 0 heterocycles. The third-order valence-electron chi connectivity index (χ3n) is 1.60. The summed E-state index contributed by atoms with van der Waals surface area (Å²) < 4.78 is 29.8. The molecule has 0 fully saturated rings. The lowest BCUT2D eigenvalue weighted by atomic mass is 10.2. The van der Waals surface area contributed by atoms with Gasteiger partial charge in [0.1, 0.15) is 0 Å². The molecule has 0 atom stereocenters. The largest absolute Gasteiger partial charge is 0.395 e. The minimum atomic E-state index is -3.29. The van der Waals surface area contributed by atoms with Crippen molar-refractivity contribution in [3.8, 4) is 0 Å². The summed E-state index contributed by atoms with van der Waals surface area (Å²) in [6.45, 7) is 5.39. The van der Waals surface area contributed by atoms with Crippen LogP contribution in [0.15, 0.2) is 0 Å². The first kappa shape index (κ1) is 14.8. The van der Waals surface area contributed by atoms with Crippen LogP contribution < -0.4 is 4.72 Å². The van der Waals surface area contributed by atoms with Crippen molar-refractivity contribution in [2.24, 2.45) is 5.92 Å². The third-order valence-corrected chi connectivity index (χ3v) is 2.96. The van der Waals surface area contributed by atoms with Crippen molar-refractivity contribution in [2.75, 3.05) is 32.1 Å². The van der Waals surface area contributed by atoms with E-state index >= 15 is 0 Å². The van der Waals surface area contributed by atoms with Crippen LogP contribution in [0.5, 0.6) is 0 Å². The molecule has 0 saturated heterocycles. The number of hydrogen-bond donors (Lipinski definition) is 2. The molecule has 0 aromatic rings. The minimum absolute atomic E-state index is 0.236. The lowest BCUT2D eigenvalue weighted by molar-refractivity contribution is 0.108. The first-order chi connectivity index (χ1) is 6.98. The summed E-state index contributed by atoms with van der Waals surface area (Å²) in [5, 5.41) is 8.46. The van der Waals surface area contributed by atoms with Crippen molar-refractivity contribution in [1.29, 1.82) is 0 Å². The zero-order valence-corrected chi connectivity index (χ0v) is 10.2. The van der Waals surface area contributed by atoms with E-state index in [0.29, 0.717) is 32.1 Å². The Balaban J connectivity index is 3.38. The fourth-order valence-corrected chi connectivity index (χ4v) is 1.75. The van der Waals surface area contributed by atoms with Gasteiger partial charge < -0.3 is 9.84 Å². The SMILES string of the molecule is CC(C)COCCCNS(=O)(=O)CCO. The van der Waals surface area contributed by atoms with Crippen molar-refractivity contribution in [3.05, 3.63) is 0 Å². The van der Waals surface area contributed by atoms with Crippen LogP contribution in [0.3, 0.4) is 0 Å². The maximum Gasteiger partial charge on any atom is 0.213 e. The molecule has 0 aliphatic carbocycles. The third kappa shape index (κ3) is 10.1. The van der Waals surface area contributed by atoms with Crippen molar-refractivity contribution >= 4 is 10.0 Å². The Morgan fingerprint density at radius 3 is 2.60 bits per heavy atom. The highest BCUT2D eigenvalue weighted by atomic mass is 32.2. The van der Waals surface area contributed by atoms with Gasteiger partial charge >= 0.3 is 0 Å². The van der Waals surface area contributed by atoms with Gasteiger partial charge in [0.2, 0.25) is 10.0 Å². The maximum absolute atomic E-state index is 11.1. The molecule has 5 nitrogen and oxygen atoms in total. The van der Waals surface area contributed by atoms with Crippen LogP contribution in [0.2, 0.25) is 0 Å². The molecule has 6 heteroatoms. The van der Waals surface area contributed by atoms with Crippen LogP contribution in [0, 0.1) is 5.92 Å². The van der Waals surface area contributed by atoms with Crippen molar-refractivity contribution in [3.63, 3.8) is 0 Å². The molecule has 0 amide bonds. The van der Waals surface area contributed by atoms with Crippen LogP contribution in [-0.4, -0.2) is 45.6 Å². The van der Waals surface area contributed by atoms with E-state index in [4.69, 9.17) is 9.84 Å². The minimum Gasteiger partial charge on any atom is -0.395 e. The highest BCUT2D eigenvalue weighted by Gasteiger charge is 2.07. The molecular weight excluding hydrogens is 218 g/mol. The molecule has 0 saturated carbocycles. The van der Waals surface area contributed by atoms with Gasteiger partial charge in [-0.25, -0.2) is 13.1 Å². The summed E-state index contributed by atoms with van der Waals surface area (Å²) in [5.74, 6) is 0.260. The van der Waals surface area contributed by atoms with Crippen LogP contribution in [-0.2, 0) is 14.8 Å². The van der Waals surface area contributed by atoms with Crippen LogP contribution in [0.1, 0.15) is 20.3 Å². The molecule has 0 aliphatic heterocycles. The van der Waals surface area contributed by atoms with Crippen LogP contribution in [0.4, 0.5) is 0 Å². The first-order valence-electron chi connectivity index (χ1n) is 5.14. The Bertz CT molecular complexity index is 238. The van der Waals surface area contributed by atoms with Gasteiger partial charge in [0.05, 0.1) is 12.4 Å². The molecular formula is C9H21NO4S. The van der Waals surface area contributed by atoms with E-state index in [0.717, 1.165) is 0 Å². The van der Waals surface area contributed by atoms with E-state index in [1.807, 2.05) is 0 Å². The molecule has 15 heavy (non-hydrogen) atoms. The summed E-state index contributed by atoms with van der Waals surface area (Å²) in [4.78, 5) is 0. The average Bonchev–Trinajstić information content (AvgIpc) is 2.10. The van der Waals surface area contributed by atoms with Crippen LogP contribution >= 0.6 is 0 Å². The Morgan fingerprint density at radius 1 is 1.40 bits per heavy atom. The number of sulfonamides is 1. The van der Waals surface area contributed by atoms with Gasteiger partial charge in [-0.2, -0.15) is 0 Å².